The number of fused-ring (bicyclic) bond motifs is 3. The monoisotopic (exact) mass is 907 g/mol. The predicted octanol–water partition coefficient (Wildman–Crippen LogP) is 14.9. The normalized spacial score (nSPS) is 11.1. The van der Waals surface area contributed by atoms with Crippen LogP contribution in [0.4, 0.5) is 5.69 Å². The van der Waals surface area contributed by atoms with E-state index in [0.29, 0.717) is 51.8 Å². The van der Waals surface area contributed by atoms with Gasteiger partial charge in [0.2, 0.25) is 0 Å². The highest BCUT2D eigenvalue weighted by molar-refractivity contribution is 6.12. The molecule has 0 fully saturated rings. The molecule has 0 N–H and O–H groups in total. The zero-order valence-corrected chi connectivity index (χ0v) is 37.9. The van der Waals surface area contributed by atoms with Crippen molar-refractivity contribution in [2.75, 3.05) is 0 Å². The van der Waals surface area contributed by atoms with Gasteiger partial charge in [-0.05, 0) is 70.8 Å². The van der Waals surface area contributed by atoms with Crippen molar-refractivity contribution in [3.63, 3.8) is 0 Å². The van der Waals surface area contributed by atoms with Gasteiger partial charge in [0.1, 0.15) is 0 Å². The summed E-state index contributed by atoms with van der Waals surface area (Å²) in [7, 11) is 0. The van der Waals surface area contributed by atoms with E-state index < -0.39 is 0 Å². The minimum atomic E-state index is 0.451. The zero-order valence-electron chi connectivity index (χ0n) is 37.9. The van der Waals surface area contributed by atoms with Crippen molar-refractivity contribution >= 4 is 27.5 Å². The van der Waals surface area contributed by atoms with Gasteiger partial charge in [-0.2, -0.15) is 5.26 Å². The van der Waals surface area contributed by atoms with Gasteiger partial charge in [0.15, 0.2) is 40.6 Å². The van der Waals surface area contributed by atoms with Crippen LogP contribution in [0.1, 0.15) is 5.56 Å². The maximum atomic E-state index is 10.2. The molecular formula is C62H37N9. The molecule has 0 aliphatic rings. The molecule has 0 unspecified atom stereocenters. The van der Waals surface area contributed by atoms with Crippen molar-refractivity contribution in [3.05, 3.63) is 241 Å². The fraction of sp³-hybridized carbons (Fsp3) is 0. The summed E-state index contributed by atoms with van der Waals surface area (Å²) in [5, 5.41) is 12.1. The standard InChI is InChI=1S/C62H37N9/c1-64-53-29-17-16-28-49(53)45-31-34-55-51(37-45)50-36-44(48-27-15-14-26-47(48)39-63)30-33-54(50)71(55)56-35-32-46(61-67-57(40-18-6-2-7-19-40)65-58(68-61)41-20-8-3-9-21-41)38-52(56)62-69-59(42-22-10-4-11-23-42)66-60(70-62)43-24-12-5-13-25-43/h2-38H. The second-order valence-electron chi connectivity index (χ2n) is 16.9. The van der Waals surface area contributed by atoms with Gasteiger partial charge in [-0.1, -0.05) is 176 Å². The Morgan fingerprint density at radius 2 is 0.746 bits per heavy atom. The molecule has 9 heteroatoms. The van der Waals surface area contributed by atoms with Crippen molar-refractivity contribution in [1.82, 2.24) is 34.5 Å². The molecule has 12 aromatic rings. The lowest BCUT2D eigenvalue weighted by molar-refractivity contribution is 1.06. The Bertz CT molecular complexity index is 3830. The highest BCUT2D eigenvalue weighted by Crippen LogP contribution is 2.42. The summed E-state index contributed by atoms with van der Waals surface area (Å²) in [6.45, 7) is 8.01. The smallest absolute Gasteiger partial charge is 0.194 e. The number of para-hydroxylation sites is 1. The van der Waals surface area contributed by atoms with Crippen LogP contribution in [0, 0.1) is 17.9 Å². The quantitative estimate of drug-likeness (QED) is 0.133. The third-order valence-electron chi connectivity index (χ3n) is 12.6. The molecule has 0 bridgehead atoms. The van der Waals surface area contributed by atoms with Crippen molar-refractivity contribution in [1.29, 1.82) is 5.26 Å². The Morgan fingerprint density at radius 3 is 1.23 bits per heavy atom. The molecule has 0 aliphatic heterocycles. The molecule has 3 heterocycles. The van der Waals surface area contributed by atoms with E-state index in [9.17, 15) is 5.26 Å². The number of rotatable bonds is 9. The average molecular weight is 908 g/mol. The molecule has 0 spiro atoms. The van der Waals surface area contributed by atoms with Crippen LogP contribution in [0.15, 0.2) is 224 Å². The topological polar surface area (TPSA) is 110 Å². The lowest BCUT2D eigenvalue weighted by Gasteiger charge is -2.16. The minimum Gasteiger partial charge on any atom is -0.308 e. The lowest BCUT2D eigenvalue weighted by Crippen LogP contribution is -2.05. The van der Waals surface area contributed by atoms with Crippen molar-refractivity contribution < 1.29 is 0 Å². The number of hydrogen-bond acceptors (Lipinski definition) is 7. The van der Waals surface area contributed by atoms with Gasteiger partial charge in [-0.3, -0.25) is 0 Å². The maximum Gasteiger partial charge on any atom is 0.194 e. The molecule has 12 rings (SSSR count). The summed E-state index contributed by atoms with van der Waals surface area (Å²) in [5.74, 6) is 3.07. The van der Waals surface area contributed by atoms with Gasteiger partial charge in [0, 0.05) is 44.2 Å². The molecule has 9 aromatic carbocycles. The van der Waals surface area contributed by atoms with E-state index >= 15 is 0 Å². The molecule has 9 nitrogen and oxygen atoms in total. The van der Waals surface area contributed by atoms with Crippen LogP contribution in [0.2, 0.25) is 0 Å². The van der Waals surface area contributed by atoms with Gasteiger partial charge >= 0.3 is 0 Å². The van der Waals surface area contributed by atoms with Gasteiger partial charge in [0.25, 0.3) is 0 Å². The molecule has 0 amide bonds. The van der Waals surface area contributed by atoms with Crippen molar-refractivity contribution in [2.45, 2.75) is 0 Å². The van der Waals surface area contributed by atoms with E-state index in [2.05, 4.69) is 64.0 Å². The molecule has 0 radical (unpaired) electrons. The molecule has 0 aliphatic carbocycles. The lowest BCUT2D eigenvalue weighted by atomic mass is 9.97. The van der Waals surface area contributed by atoms with E-state index in [1.807, 2.05) is 176 Å². The first kappa shape index (κ1) is 42.2. The van der Waals surface area contributed by atoms with Crippen molar-refractivity contribution in [3.8, 4) is 102 Å². The molecule has 0 saturated heterocycles. The summed E-state index contributed by atoms with van der Waals surface area (Å²) in [5.41, 5.74) is 12.2. The first-order valence-electron chi connectivity index (χ1n) is 23.0. The third-order valence-corrected chi connectivity index (χ3v) is 12.6. The summed E-state index contributed by atoms with van der Waals surface area (Å²) < 4.78 is 2.25. The number of hydrogen-bond donors (Lipinski definition) is 0. The summed E-state index contributed by atoms with van der Waals surface area (Å²) in [6, 6.07) is 76.4. The van der Waals surface area contributed by atoms with E-state index in [1.165, 1.54) is 0 Å². The van der Waals surface area contributed by atoms with Crippen LogP contribution >= 0.6 is 0 Å². The second-order valence-corrected chi connectivity index (χ2v) is 16.9. The van der Waals surface area contributed by atoms with Gasteiger partial charge in [-0.25, -0.2) is 34.7 Å². The van der Waals surface area contributed by atoms with E-state index in [1.54, 1.807) is 0 Å². The predicted molar refractivity (Wildman–Crippen MR) is 282 cm³/mol. The molecule has 0 atom stereocenters. The van der Waals surface area contributed by atoms with Gasteiger partial charge in [-0.15, -0.1) is 0 Å². The number of benzene rings is 9. The molecule has 330 valence electrons. The molecule has 0 saturated carbocycles. The van der Waals surface area contributed by atoms with Crippen LogP contribution in [-0.2, 0) is 0 Å². The first-order valence-corrected chi connectivity index (χ1v) is 23.0. The van der Waals surface area contributed by atoms with E-state index in [4.69, 9.17) is 36.5 Å². The van der Waals surface area contributed by atoms with Crippen LogP contribution in [0.5, 0.6) is 0 Å². The third kappa shape index (κ3) is 7.92. The van der Waals surface area contributed by atoms with Crippen LogP contribution in [0.25, 0.3) is 123 Å². The largest absolute Gasteiger partial charge is 0.308 e. The molecule has 3 aromatic heterocycles. The molecule has 71 heavy (non-hydrogen) atoms. The summed E-state index contributed by atoms with van der Waals surface area (Å²) in [6.07, 6.45) is 0. The highest BCUT2D eigenvalue weighted by Gasteiger charge is 2.23. The Kier molecular flexibility index (Phi) is 10.8. The zero-order chi connectivity index (χ0) is 47.7. The average Bonchev–Trinajstić information content (AvgIpc) is 3.78. The van der Waals surface area contributed by atoms with Crippen LogP contribution in [-0.4, -0.2) is 34.5 Å². The summed E-state index contributed by atoms with van der Waals surface area (Å²) in [4.78, 5) is 34.8. The van der Waals surface area contributed by atoms with Gasteiger partial charge in [0.05, 0.1) is 34.9 Å². The number of nitriles is 1. The fourth-order valence-corrected chi connectivity index (χ4v) is 9.18. The van der Waals surface area contributed by atoms with E-state index in [0.717, 1.165) is 77.6 Å². The SMILES string of the molecule is [C-]#[N+]c1ccccc1-c1ccc2c(c1)c1cc(-c3ccccc3C#N)ccc1n2-c1ccc(-c2nc(-c3ccccc3)nc(-c3ccccc3)n2)cc1-c1nc(-c2ccccc2)nc(-c2ccccc2)n1. The fourth-order valence-electron chi connectivity index (χ4n) is 9.18. The Morgan fingerprint density at radius 1 is 0.352 bits per heavy atom. The Hall–Kier alpha value is -10.2. The minimum absolute atomic E-state index is 0.451. The highest BCUT2D eigenvalue weighted by atomic mass is 15.1. The Labute approximate surface area is 409 Å². The van der Waals surface area contributed by atoms with E-state index in [-0.39, 0.29) is 0 Å². The number of aromatic nitrogens is 7. The van der Waals surface area contributed by atoms with Crippen LogP contribution in [0.3, 0.4) is 0 Å². The van der Waals surface area contributed by atoms with Crippen molar-refractivity contribution in [2.24, 2.45) is 0 Å². The maximum absolute atomic E-state index is 10.2. The number of nitrogens with zero attached hydrogens (tertiary/aromatic N) is 9. The van der Waals surface area contributed by atoms with Gasteiger partial charge < -0.3 is 4.57 Å². The Balaban J connectivity index is 1.16. The second kappa shape index (κ2) is 18.1. The van der Waals surface area contributed by atoms with Crippen LogP contribution < -0.4 is 0 Å². The first-order chi connectivity index (χ1) is 35.1. The molecular weight excluding hydrogens is 871 g/mol. The summed E-state index contributed by atoms with van der Waals surface area (Å²) >= 11 is 0.